The minimum absolute atomic E-state index is 0.0812. The normalized spacial score (nSPS) is 33.6. The van der Waals surface area contributed by atoms with Crippen molar-refractivity contribution in [3.63, 3.8) is 0 Å². The van der Waals surface area contributed by atoms with Crippen molar-refractivity contribution in [1.29, 1.82) is 0 Å². The van der Waals surface area contributed by atoms with Crippen molar-refractivity contribution in [3.05, 3.63) is 0 Å². The Morgan fingerprint density at radius 3 is 2.08 bits per heavy atom. The summed E-state index contributed by atoms with van der Waals surface area (Å²) in [6, 6.07) is 0. The molecule has 1 saturated heterocycles. The lowest BCUT2D eigenvalue weighted by Crippen LogP contribution is -2.46. The van der Waals surface area contributed by atoms with E-state index in [1.165, 1.54) is 4.31 Å². The summed E-state index contributed by atoms with van der Waals surface area (Å²) in [4.78, 5) is 0. The van der Waals surface area contributed by atoms with Gasteiger partial charge in [0.1, 0.15) is 0 Å². The van der Waals surface area contributed by atoms with Gasteiger partial charge >= 0.3 is 0 Å². The van der Waals surface area contributed by atoms with Gasteiger partial charge in [0.2, 0.25) is 0 Å². The molecule has 6 heteroatoms. The van der Waals surface area contributed by atoms with Crippen LogP contribution in [0, 0.1) is 0 Å². The zero-order chi connectivity index (χ0) is 9.35. The molecule has 0 N–H and O–H groups in total. The van der Waals surface area contributed by atoms with Crippen LogP contribution in [0.25, 0.3) is 0 Å². The van der Waals surface area contributed by atoms with Gasteiger partial charge in [-0.15, -0.1) is 0 Å². The molecular formula is C6H12ClNO3S. The molecule has 0 aromatic rings. The van der Waals surface area contributed by atoms with Gasteiger partial charge in [-0.05, 0) is 13.8 Å². The van der Waals surface area contributed by atoms with Gasteiger partial charge < -0.3 is 4.74 Å². The molecule has 0 bridgehead atoms. The van der Waals surface area contributed by atoms with E-state index in [1.807, 2.05) is 13.8 Å². The Hall–Kier alpha value is 0.160. The van der Waals surface area contributed by atoms with Crippen LogP contribution in [0.3, 0.4) is 0 Å². The highest BCUT2D eigenvalue weighted by Crippen LogP contribution is 2.16. The van der Waals surface area contributed by atoms with E-state index in [2.05, 4.69) is 0 Å². The number of hydrogen-bond acceptors (Lipinski definition) is 3. The second-order valence-corrected chi connectivity index (χ2v) is 5.53. The van der Waals surface area contributed by atoms with E-state index in [9.17, 15) is 8.42 Å². The highest BCUT2D eigenvalue weighted by molar-refractivity contribution is 8.11. The van der Waals surface area contributed by atoms with Gasteiger partial charge in [-0.1, -0.05) is 0 Å². The number of halogens is 1. The third kappa shape index (κ3) is 2.58. The Balaban J connectivity index is 2.68. The van der Waals surface area contributed by atoms with Gasteiger partial charge in [-0.3, -0.25) is 0 Å². The molecule has 0 aliphatic carbocycles. The van der Waals surface area contributed by atoms with Gasteiger partial charge in [0.15, 0.2) is 0 Å². The number of ether oxygens (including phenoxy) is 1. The fourth-order valence-corrected chi connectivity index (χ4v) is 2.42. The van der Waals surface area contributed by atoms with E-state index < -0.39 is 9.24 Å². The summed E-state index contributed by atoms with van der Waals surface area (Å²) in [5.41, 5.74) is 0. The smallest absolute Gasteiger partial charge is 0.299 e. The summed E-state index contributed by atoms with van der Waals surface area (Å²) >= 11 is 0. The Morgan fingerprint density at radius 1 is 1.33 bits per heavy atom. The summed E-state index contributed by atoms with van der Waals surface area (Å²) < 4.78 is 28.4. The second kappa shape index (κ2) is 3.49. The molecule has 0 radical (unpaired) electrons. The molecule has 1 aliphatic heterocycles. The van der Waals surface area contributed by atoms with Crippen LogP contribution in [0.15, 0.2) is 0 Å². The molecule has 1 heterocycles. The molecule has 0 saturated carbocycles. The average molecular weight is 214 g/mol. The van der Waals surface area contributed by atoms with Crippen molar-refractivity contribution in [2.45, 2.75) is 26.1 Å². The molecule has 0 aromatic carbocycles. The standard InChI is InChI=1S/C6H12ClNO3S/c1-5-3-8(12(7,9)10)4-6(2)11-5/h5-6H,3-4H2,1-2H3/t5-,6-/m1/s1. The van der Waals surface area contributed by atoms with E-state index in [0.29, 0.717) is 13.1 Å². The highest BCUT2D eigenvalue weighted by Gasteiger charge is 2.29. The van der Waals surface area contributed by atoms with E-state index in [1.54, 1.807) is 0 Å². The molecular weight excluding hydrogens is 202 g/mol. The maximum atomic E-state index is 10.9. The van der Waals surface area contributed by atoms with Crippen molar-refractivity contribution in [2.75, 3.05) is 13.1 Å². The fraction of sp³-hybridized carbons (Fsp3) is 1.00. The third-order valence-electron chi connectivity index (χ3n) is 1.69. The molecule has 0 unspecified atom stereocenters. The number of nitrogens with zero attached hydrogens (tertiary/aromatic N) is 1. The van der Waals surface area contributed by atoms with Gasteiger partial charge in [-0.2, -0.15) is 12.7 Å². The summed E-state index contributed by atoms with van der Waals surface area (Å²) in [7, 11) is 1.62. The molecule has 1 fully saturated rings. The average Bonchev–Trinajstić information content (AvgIpc) is 1.82. The van der Waals surface area contributed by atoms with Crippen LogP contribution in [0.5, 0.6) is 0 Å². The zero-order valence-electron chi connectivity index (χ0n) is 7.03. The van der Waals surface area contributed by atoms with E-state index in [4.69, 9.17) is 15.4 Å². The lowest BCUT2D eigenvalue weighted by Gasteiger charge is -2.32. The highest BCUT2D eigenvalue weighted by atomic mass is 35.7. The first-order valence-corrected chi connectivity index (χ1v) is 6.01. The topological polar surface area (TPSA) is 46.6 Å². The summed E-state index contributed by atoms with van der Waals surface area (Å²) in [6.45, 7) is 4.34. The molecule has 72 valence electrons. The number of hydrogen-bond donors (Lipinski definition) is 0. The molecule has 0 spiro atoms. The van der Waals surface area contributed by atoms with Crippen molar-refractivity contribution in [2.24, 2.45) is 0 Å². The first-order chi connectivity index (χ1) is 5.39. The van der Waals surface area contributed by atoms with E-state index in [0.717, 1.165) is 0 Å². The Kier molecular flexibility index (Phi) is 2.98. The summed E-state index contributed by atoms with van der Waals surface area (Å²) in [5.74, 6) is 0. The minimum Gasteiger partial charge on any atom is -0.373 e. The Morgan fingerprint density at radius 2 is 1.75 bits per heavy atom. The van der Waals surface area contributed by atoms with Crippen molar-refractivity contribution in [1.82, 2.24) is 4.31 Å². The van der Waals surface area contributed by atoms with Gasteiger partial charge in [-0.25, -0.2) is 0 Å². The van der Waals surface area contributed by atoms with Gasteiger partial charge in [0, 0.05) is 23.8 Å². The fourth-order valence-electron chi connectivity index (χ4n) is 1.31. The largest absolute Gasteiger partial charge is 0.373 e. The summed E-state index contributed by atoms with van der Waals surface area (Å²) in [5, 5.41) is 0. The maximum absolute atomic E-state index is 10.9. The molecule has 2 atom stereocenters. The quantitative estimate of drug-likeness (QED) is 0.599. The van der Waals surface area contributed by atoms with Crippen LogP contribution in [0.1, 0.15) is 13.8 Å². The first-order valence-electron chi connectivity index (χ1n) is 3.75. The van der Waals surface area contributed by atoms with Gasteiger partial charge in [0.05, 0.1) is 12.2 Å². The predicted octanol–water partition coefficient (Wildman–Crippen LogP) is 0.579. The van der Waals surface area contributed by atoms with Crippen LogP contribution < -0.4 is 0 Å². The van der Waals surface area contributed by atoms with Crippen LogP contribution in [0.2, 0.25) is 0 Å². The molecule has 1 rings (SSSR count). The van der Waals surface area contributed by atoms with E-state index >= 15 is 0 Å². The van der Waals surface area contributed by atoms with Crippen LogP contribution in [-0.4, -0.2) is 38.0 Å². The van der Waals surface area contributed by atoms with Crippen molar-refractivity contribution < 1.29 is 13.2 Å². The zero-order valence-corrected chi connectivity index (χ0v) is 8.60. The molecule has 1 aliphatic rings. The number of rotatable bonds is 1. The second-order valence-electron chi connectivity index (χ2n) is 3.02. The summed E-state index contributed by atoms with van der Waals surface area (Å²) in [6.07, 6.45) is -0.162. The lowest BCUT2D eigenvalue weighted by molar-refractivity contribution is -0.0435. The monoisotopic (exact) mass is 213 g/mol. The SMILES string of the molecule is C[C@@H]1CN(S(=O)(=O)Cl)C[C@@H](C)O1. The molecule has 12 heavy (non-hydrogen) atoms. The third-order valence-corrected chi connectivity index (χ3v) is 3.20. The van der Waals surface area contributed by atoms with Crippen LogP contribution in [-0.2, 0) is 14.0 Å². The van der Waals surface area contributed by atoms with Crippen molar-refractivity contribution >= 4 is 19.9 Å². The van der Waals surface area contributed by atoms with Gasteiger partial charge in [0.25, 0.3) is 9.24 Å². The maximum Gasteiger partial charge on any atom is 0.299 e. The van der Waals surface area contributed by atoms with Crippen LogP contribution in [0.4, 0.5) is 0 Å². The minimum atomic E-state index is -3.57. The van der Waals surface area contributed by atoms with Crippen molar-refractivity contribution in [3.8, 4) is 0 Å². The lowest BCUT2D eigenvalue weighted by atomic mass is 10.3. The molecule has 0 aromatic heterocycles. The Bertz CT molecular complexity index is 244. The molecule has 0 amide bonds. The molecule has 4 nitrogen and oxygen atoms in total. The van der Waals surface area contributed by atoms with Crippen LogP contribution >= 0.6 is 10.7 Å². The van der Waals surface area contributed by atoms with E-state index in [-0.39, 0.29) is 12.2 Å². The predicted molar refractivity (Wildman–Crippen MR) is 46.4 cm³/mol. The Labute approximate surface area is 77.0 Å². The first kappa shape index (κ1) is 10.2. The number of morpholine rings is 1.